The first kappa shape index (κ1) is 19.4. The summed E-state index contributed by atoms with van der Waals surface area (Å²) in [6.45, 7) is 1.12. The van der Waals surface area contributed by atoms with Gasteiger partial charge in [-0.2, -0.15) is 0 Å². The van der Waals surface area contributed by atoms with Crippen LogP contribution >= 0.6 is 0 Å². The third-order valence-electron chi connectivity index (χ3n) is 5.83. The summed E-state index contributed by atoms with van der Waals surface area (Å²) < 4.78 is 0. The highest BCUT2D eigenvalue weighted by molar-refractivity contribution is 5.94. The van der Waals surface area contributed by atoms with E-state index in [1.807, 2.05) is 28.0 Å². The van der Waals surface area contributed by atoms with E-state index >= 15 is 0 Å². The van der Waals surface area contributed by atoms with Gasteiger partial charge in [-0.1, -0.05) is 30.3 Å². The number of nitro groups is 1. The van der Waals surface area contributed by atoms with Gasteiger partial charge in [-0.3, -0.25) is 15.0 Å². The van der Waals surface area contributed by atoms with Gasteiger partial charge < -0.3 is 9.80 Å². The molecule has 4 rings (SSSR count). The molecule has 29 heavy (non-hydrogen) atoms. The summed E-state index contributed by atoms with van der Waals surface area (Å²) >= 11 is 0. The van der Waals surface area contributed by atoms with Gasteiger partial charge in [0.1, 0.15) is 0 Å². The molecule has 1 unspecified atom stereocenters. The number of carbonyl (C=O) groups is 1. The summed E-state index contributed by atoms with van der Waals surface area (Å²) in [5.74, 6) is 0. The number of nitrogens with zero attached hydrogens (tertiary/aromatic N) is 4. The first-order valence-corrected chi connectivity index (χ1v) is 10.00. The highest BCUT2D eigenvalue weighted by atomic mass is 16.6. The Morgan fingerprint density at radius 2 is 1.79 bits per heavy atom. The minimum absolute atomic E-state index is 0.0184. The summed E-state index contributed by atoms with van der Waals surface area (Å²) in [7, 11) is 4.10. The molecule has 1 fully saturated rings. The largest absolute Gasteiger partial charge is 0.325 e. The summed E-state index contributed by atoms with van der Waals surface area (Å²) in [6, 6.07) is 15.2. The molecule has 0 radical (unpaired) electrons. The Balaban J connectivity index is 1.59. The van der Waals surface area contributed by atoms with Crippen LogP contribution in [0.5, 0.6) is 0 Å². The number of urea groups is 1. The minimum atomic E-state index is -0.403. The first-order valence-electron chi connectivity index (χ1n) is 10.00. The van der Waals surface area contributed by atoms with Crippen molar-refractivity contribution in [1.29, 1.82) is 0 Å². The fourth-order valence-corrected chi connectivity index (χ4v) is 3.92. The van der Waals surface area contributed by atoms with Crippen LogP contribution in [0.2, 0.25) is 0 Å². The second-order valence-corrected chi connectivity index (χ2v) is 8.13. The molecule has 0 aromatic heterocycles. The van der Waals surface area contributed by atoms with E-state index in [9.17, 15) is 14.9 Å². The molecule has 1 heterocycles. The Morgan fingerprint density at radius 3 is 2.41 bits per heavy atom. The predicted molar refractivity (Wildman–Crippen MR) is 112 cm³/mol. The zero-order chi connectivity index (χ0) is 20.5. The average Bonchev–Trinajstić information content (AvgIpc) is 3.56. The van der Waals surface area contributed by atoms with Crippen LogP contribution < -0.4 is 4.90 Å². The van der Waals surface area contributed by atoms with Crippen LogP contribution in [-0.4, -0.2) is 53.5 Å². The molecule has 2 amide bonds. The van der Waals surface area contributed by atoms with E-state index < -0.39 is 4.92 Å². The van der Waals surface area contributed by atoms with Gasteiger partial charge in [0, 0.05) is 43.0 Å². The SMILES string of the molecule is CN(C)C1Cc2ccccc2N(C(=O)N(Cc2ccc([N+](=O)[O-])cc2)C2CC2)C1. The van der Waals surface area contributed by atoms with Crippen molar-refractivity contribution in [3.63, 3.8) is 0 Å². The van der Waals surface area contributed by atoms with E-state index in [1.54, 1.807) is 12.1 Å². The van der Waals surface area contributed by atoms with E-state index in [0.29, 0.717) is 13.1 Å². The van der Waals surface area contributed by atoms with Gasteiger partial charge in [0.15, 0.2) is 0 Å². The number of nitro benzene ring substituents is 1. The van der Waals surface area contributed by atoms with Crippen LogP contribution in [0.1, 0.15) is 24.0 Å². The number of anilines is 1. The van der Waals surface area contributed by atoms with Gasteiger partial charge in [-0.05, 0) is 50.6 Å². The lowest BCUT2D eigenvalue weighted by atomic mass is 9.97. The Hall–Kier alpha value is -2.93. The third-order valence-corrected chi connectivity index (χ3v) is 5.83. The third kappa shape index (κ3) is 4.10. The van der Waals surface area contributed by atoms with Crippen molar-refractivity contribution in [2.45, 2.75) is 37.9 Å². The number of benzene rings is 2. The second kappa shape index (κ2) is 7.83. The Bertz CT molecular complexity index is 909. The zero-order valence-electron chi connectivity index (χ0n) is 16.8. The molecule has 1 saturated carbocycles. The number of fused-ring (bicyclic) bond motifs is 1. The molecule has 152 valence electrons. The summed E-state index contributed by atoms with van der Waals surface area (Å²) in [5.41, 5.74) is 3.16. The zero-order valence-corrected chi connectivity index (χ0v) is 16.8. The van der Waals surface area contributed by atoms with Crippen LogP contribution in [0.4, 0.5) is 16.2 Å². The van der Waals surface area contributed by atoms with Gasteiger partial charge >= 0.3 is 6.03 Å². The van der Waals surface area contributed by atoms with Crippen LogP contribution in [0, 0.1) is 10.1 Å². The summed E-state index contributed by atoms with van der Waals surface area (Å²) in [6.07, 6.45) is 2.94. The molecular formula is C22H26N4O3. The van der Waals surface area contributed by atoms with Crippen LogP contribution in [0.25, 0.3) is 0 Å². The smallest absolute Gasteiger partial charge is 0.317 e. The maximum Gasteiger partial charge on any atom is 0.325 e. The standard InChI is InChI=1S/C22H26N4O3/c1-23(2)20-13-17-5-3-4-6-21(17)25(15-20)22(27)24(18-11-12-18)14-16-7-9-19(10-8-16)26(28)29/h3-10,18,20H,11-15H2,1-2H3. The van der Waals surface area contributed by atoms with Crippen molar-refractivity contribution in [2.24, 2.45) is 0 Å². The molecule has 2 aromatic carbocycles. The number of non-ortho nitro benzene ring substituents is 1. The predicted octanol–water partition coefficient (Wildman–Crippen LogP) is 3.67. The van der Waals surface area contributed by atoms with Gasteiger partial charge in [0.2, 0.25) is 0 Å². The van der Waals surface area contributed by atoms with E-state index in [2.05, 4.69) is 25.1 Å². The monoisotopic (exact) mass is 394 g/mol. The molecule has 7 heteroatoms. The minimum Gasteiger partial charge on any atom is -0.317 e. The van der Waals surface area contributed by atoms with Gasteiger partial charge in [0.05, 0.1) is 4.92 Å². The molecule has 1 atom stereocenters. The number of hydrogen-bond donors (Lipinski definition) is 0. The van der Waals surface area contributed by atoms with Crippen molar-refractivity contribution in [1.82, 2.24) is 9.80 Å². The van der Waals surface area contributed by atoms with Gasteiger partial charge in [-0.25, -0.2) is 4.79 Å². The fraction of sp³-hybridized carbons (Fsp3) is 0.409. The Morgan fingerprint density at radius 1 is 1.10 bits per heavy atom. The Labute approximate surface area is 170 Å². The van der Waals surface area contributed by atoms with Gasteiger partial charge in [0.25, 0.3) is 5.69 Å². The maximum atomic E-state index is 13.6. The van der Waals surface area contributed by atoms with E-state index in [0.717, 1.165) is 30.5 Å². The molecule has 7 nitrogen and oxygen atoms in total. The van der Waals surface area contributed by atoms with Crippen molar-refractivity contribution in [3.8, 4) is 0 Å². The quantitative estimate of drug-likeness (QED) is 0.573. The second-order valence-electron chi connectivity index (χ2n) is 8.13. The molecule has 2 aliphatic rings. The van der Waals surface area contributed by atoms with E-state index in [4.69, 9.17) is 0 Å². The van der Waals surface area contributed by atoms with Crippen LogP contribution in [0.3, 0.4) is 0 Å². The lowest BCUT2D eigenvalue weighted by molar-refractivity contribution is -0.384. The topological polar surface area (TPSA) is 69.9 Å². The molecule has 0 bridgehead atoms. The average molecular weight is 394 g/mol. The molecule has 1 aliphatic carbocycles. The summed E-state index contributed by atoms with van der Waals surface area (Å²) in [5, 5.41) is 10.9. The lowest BCUT2D eigenvalue weighted by Gasteiger charge is -2.40. The van der Waals surface area contributed by atoms with E-state index in [1.165, 1.54) is 17.7 Å². The maximum absolute atomic E-state index is 13.6. The lowest BCUT2D eigenvalue weighted by Crippen LogP contribution is -2.52. The number of hydrogen-bond acceptors (Lipinski definition) is 4. The number of carbonyl (C=O) groups excluding carboxylic acids is 1. The van der Waals surface area contributed by atoms with Gasteiger partial charge in [-0.15, -0.1) is 0 Å². The highest BCUT2D eigenvalue weighted by Gasteiger charge is 2.38. The molecular weight excluding hydrogens is 368 g/mol. The molecule has 0 spiro atoms. The summed E-state index contributed by atoms with van der Waals surface area (Å²) in [4.78, 5) is 30.1. The van der Waals surface area contributed by atoms with Crippen molar-refractivity contribution >= 4 is 17.4 Å². The number of amides is 2. The number of para-hydroxylation sites is 1. The normalized spacial score (nSPS) is 18.4. The molecule has 0 saturated heterocycles. The first-order chi connectivity index (χ1) is 13.9. The van der Waals surface area contributed by atoms with Crippen LogP contribution in [-0.2, 0) is 13.0 Å². The van der Waals surface area contributed by atoms with Crippen molar-refractivity contribution in [3.05, 3.63) is 69.8 Å². The Kier molecular flexibility index (Phi) is 5.24. The van der Waals surface area contributed by atoms with Crippen LogP contribution in [0.15, 0.2) is 48.5 Å². The molecule has 0 N–H and O–H groups in total. The highest BCUT2D eigenvalue weighted by Crippen LogP contribution is 2.34. The number of likely N-dealkylation sites (N-methyl/N-ethyl adjacent to an activating group) is 1. The number of rotatable bonds is 5. The van der Waals surface area contributed by atoms with Crippen molar-refractivity contribution in [2.75, 3.05) is 25.5 Å². The fourth-order valence-electron chi connectivity index (χ4n) is 3.92. The van der Waals surface area contributed by atoms with Crippen molar-refractivity contribution < 1.29 is 9.72 Å². The molecule has 1 aliphatic heterocycles. The van der Waals surface area contributed by atoms with E-state index in [-0.39, 0.29) is 23.8 Å². The molecule has 2 aromatic rings.